The van der Waals surface area contributed by atoms with Crippen LogP contribution in [0.4, 0.5) is 13.2 Å². The Hall–Kier alpha value is -2.31. The molecule has 1 N–H and O–H groups in total. The first-order valence-corrected chi connectivity index (χ1v) is 5.85. The molecule has 0 spiro atoms. The standard InChI is InChI=1S/C14H14F3NO3/c1-8(18-2)11(13(20)21-3)12(19)9-4-6-10(7-5-9)14(15,16)17/h4-7,19H,1-3H3/b12-11-,18-8?. The number of nitrogens with zero attached hydrogens (tertiary/aromatic N) is 1. The molecule has 0 aliphatic carbocycles. The van der Waals surface area contributed by atoms with Gasteiger partial charge in [0.25, 0.3) is 0 Å². The zero-order chi connectivity index (χ0) is 16.2. The molecule has 1 aromatic rings. The summed E-state index contributed by atoms with van der Waals surface area (Å²) in [6.45, 7) is 1.48. The molecule has 1 aromatic carbocycles. The summed E-state index contributed by atoms with van der Waals surface area (Å²) in [6.07, 6.45) is -4.47. The van der Waals surface area contributed by atoms with Crippen molar-refractivity contribution in [1.29, 1.82) is 0 Å². The Morgan fingerprint density at radius 3 is 2.14 bits per heavy atom. The Bertz CT molecular complexity index is 586. The van der Waals surface area contributed by atoms with Crippen LogP contribution in [-0.4, -0.2) is 30.9 Å². The quantitative estimate of drug-likeness (QED) is 0.403. The van der Waals surface area contributed by atoms with Crippen molar-refractivity contribution in [2.24, 2.45) is 4.99 Å². The minimum Gasteiger partial charge on any atom is -0.506 e. The third-order valence-corrected chi connectivity index (χ3v) is 2.81. The number of aliphatic hydroxyl groups excluding tert-OH is 1. The second kappa shape index (κ2) is 6.43. The lowest BCUT2D eigenvalue weighted by molar-refractivity contribution is -0.137. The number of rotatable bonds is 3. The largest absolute Gasteiger partial charge is 0.506 e. The minimum absolute atomic E-state index is 0.0615. The predicted octanol–water partition coefficient (Wildman–Crippen LogP) is 3.24. The lowest BCUT2D eigenvalue weighted by Crippen LogP contribution is -2.15. The highest BCUT2D eigenvalue weighted by atomic mass is 19.4. The summed E-state index contributed by atoms with van der Waals surface area (Å²) in [5.41, 5.74) is -0.773. The summed E-state index contributed by atoms with van der Waals surface area (Å²) in [5.74, 6) is -1.31. The second-order valence-electron chi connectivity index (χ2n) is 4.10. The topological polar surface area (TPSA) is 58.9 Å². The molecule has 1 rings (SSSR count). The summed E-state index contributed by atoms with van der Waals surface area (Å²) >= 11 is 0. The van der Waals surface area contributed by atoms with E-state index in [1.165, 1.54) is 14.0 Å². The molecular weight excluding hydrogens is 287 g/mol. The number of alkyl halides is 3. The van der Waals surface area contributed by atoms with Gasteiger partial charge in [0.1, 0.15) is 11.3 Å². The van der Waals surface area contributed by atoms with Gasteiger partial charge in [0.2, 0.25) is 0 Å². The number of hydrogen-bond donors (Lipinski definition) is 1. The van der Waals surface area contributed by atoms with E-state index in [2.05, 4.69) is 9.73 Å². The average Bonchev–Trinajstić information content (AvgIpc) is 2.46. The van der Waals surface area contributed by atoms with E-state index in [0.717, 1.165) is 31.4 Å². The Morgan fingerprint density at radius 1 is 1.24 bits per heavy atom. The van der Waals surface area contributed by atoms with Crippen LogP contribution >= 0.6 is 0 Å². The lowest BCUT2D eigenvalue weighted by Gasteiger charge is -2.10. The molecule has 0 amide bonds. The molecule has 114 valence electrons. The number of carbonyl (C=O) groups excluding carboxylic acids is 1. The van der Waals surface area contributed by atoms with Gasteiger partial charge in [-0.3, -0.25) is 4.99 Å². The van der Waals surface area contributed by atoms with Gasteiger partial charge in [-0.15, -0.1) is 0 Å². The summed E-state index contributed by atoms with van der Waals surface area (Å²) in [4.78, 5) is 15.4. The highest BCUT2D eigenvalue weighted by Crippen LogP contribution is 2.30. The number of ether oxygens (including phenoxy) is 1. The molecule has 21 heavy (non-hydrogen) atoms. The van der Waals surface area contributed by atoms with Crippen molar-refractivity contribution in [3.8, 4) is 0 Å². The maximum atomic E-state index is 12.5. The fraction of sp³-hybridized carbons (Fsp3) is 0.286. The van der Waals surface area contributed by atoms with Gasteiger partial charge in [0.05, 0.1) is 12.7 Å². The molecule has 7 heteroatoms. The average molecular weight is 301 g/mol. The van der Waals surface area contributed by atoms with Crippen molar-refractivity contribution >= 4 is 17.4 Å². The molecule has 0 aromatic heterocycles. The van der Waals surface area contributed by atoms with E-state index in [0.29, 0.717) is 0 Å². The maximum absolute atomic E-state index is 12.5. The van der Waals surface area contributed by atoms with E-state index in [1.807, 2.05) is 0 Å². The van der Waals surface area contributed by atoms with E-state index in [9.17, 15) is 23.1 Å². The SMILES string of the molecule is CN=C(C)/C(C(=O)OC)=C(/O)c1ccc(C(F)(F)F)cc1. The molecule has 0 heterocycles. The Labute approximate surface area is 119 Å². The third-order valence-electron chi connectivity index (χ3n) is 2.81. The van der Waals surface area contributed by atoms with Crippen molar-refractivity contribution in [2.45, 2.75) is 13.1 Å². The van der Waals surface area contributed by atoms with Crippen LogP contribution in [0.25, 0.3) is 5.76 Å². The third kappa shape index (κ3) is 3.84. The van der Waals surface area contributed by atoms with Gasteiger partial charge in [-0.2, -0.15) is 13.2 Å². The number of hydrogen-bond acceptors (Lipinski definition) is 4. The van der Waals surface area contributed by atoms with Gasteiger partial charge in [-0.1, -0.05) is 12.1 Å². The van der Waals surface area contributed by atoms with Crippen LogP contribution in [-0.2, 0) is 15.7 Å². The van der Waals surface area contributed by atoms with Crippen molar-refractivity contribution in [1.82, 2.24) is 0 Å². The van der Waals surface area contributed by atoms with Crippen LogP contribution < -0.4 is 0 Å². The highest BCUT2D eigenvalue weighted by Gasteiger charge is 2.30. The van der Waals surface area contributed by atoms with E-state index in [-0.39, 0.29) is 16.8 Å². The zero-order valence-electron chi connectivity index (χ0n) is 11.7. The molecule has 4 nitrogen and oxygen atoms in total. The number of carbonyl (C=O) groups is 1. The van der Waals surface area contributed by atoms with Crippen molar-refractivity contribution in [2.75, 3.05) is 14.2 Å². The molecule has 0 fully saturated rings. The van der Waals surface area contributed by atoms with Crippen LogP contribution in [0, 0.1) is 0 Å². The Kier molecular flexibility index (Phi) is 5.12. The van der Waals surface area contributed by atoms with Gasteiger partial charge >= 0.3 is 12.1 Å². The normalized spacial score (nSPS) is 13.7. The van der Waals surface area contributed by atoms with Crippen LogP contribution in [0.3, 0.4) is 0 Å². The van der Waals surface area contributed by atoms with Crippen LogP contribution in [0.5, 0.6) is 0 Å². The smallest absolute Gasteiger partial charge is 0.416 e. The summed E-state index contributed by atoms with van der Waals surface area (Å²) in [5, 5.41) is 10.1. The molecule has 0 aliphatic heterocycles. The monoisotopic (exact) mass is 301 g/mol. The zero-order valence-corrected chi connectivity index (χ0v) is 11.7. The molecule has 0 bridgehead atoms. The molecule has 0 radical (unpaired) electrons. The Balaban J connectivity index is 3.34. The lowest BCUT2D eigenvalue weighted by atomic mass is 10.0. The molecular formula is C14H14F3NO3. The minimum atomic E-state index is -4.47. The molecule has 0 saturated carbocycles. The van der Waals surface area contributed by atoms with Gasteiger partial charge in [-0.25, -0.2) is 4.79 Å². The number of benzene rings is 1. The van der Waals surface area contributed by atoms with E-state index in [1.54, 1.807) is 0 Å². The number of aliphatic imine (C=N–C) groups is 1. The fourth-order valence-corrected chi connectivity index (χ4v) is 1.59. The first kappa shape index (κ1) is 16.7. The maximum Gasteiger partial charge on any atom is 0.416 e. The van der Waals surface area contributed by atoms with Gasteiger partial charge in [0, 0.05) is 18.3 Å². The first-order chi connectivity index (χ1) is 9.72. The van der Waals surface area contributed by atoms with Gasteiger partial charge in [0.15, 0.2) is 0 Å². The summed E-state index contributed by atoms with van der Waals surface area (Å²) in [6, 6.07) is 3.78. The number of methoxy groups -OCH3 is 1. The van der Waals surface area contributed by atoms with E-state index < -0.39 is 23.5 Å². The van der Waals surface area contributed by atoms with Crippen LogP contribution in [0.2, 0.25) is 0 Å². The second-order valence-corrected chi connectivity index (χ2v) is 4.10. The summed E-state index contributed by atoms with van der Waals surface area (Å²) in [7, 11) is 2.55. The van der Waals surface area contributed by atoms with Crippen molar-refractivity contribution in [3.63, 3.8) is 0 Å². The van der Waals surface area contributed by atoms with Crippen molar-refractivity contribution in [3.05, 3.63) is 41.0 Å². The van der Waals surface area contributed by atoms with E-state index in [4.69, 9.17) is 0 Å². The molecule has 0 aliphatic rings. The van der Waals surface area contributed by atoms with E-state index >= 15 is 0 Å². The highest BCUT2D eigenvalue weighted by molar-refractivity contribution is 6.23. The predicted molar refractivity (Wildman–Crippen MR) is 72.0 cm³/mol. The fourth-order valence-electron chi connectivity index (χ4n) is 1.59. The van der Waals surface area contributed by atoms with Crippen LogP contribution in [0.15, 0.2) is 34.8 Å². The van der Waals surface area contributed by atoms with Gasteiger partial charge in [-0.05, 0) is 19.1 Å². The number of halogens is 3. The Morgan fingerprint density at radius 2 is 1.76 bits per heavy atom. The van der Waals surface area contributed by atoms with Crippen molar-refractivity contribution < 1.29 is 27.8 Å². The first-order valence-electron chi connectivity index (χ1n) is 5.85. The van der Waals surface area contributed by atoms with Crippen LogP contribution in [0.1, 0.15) is 18.1 Å². The number of aliphatic hydroxyl groups is 1. The molecule has 0 saturated heterocycles. The molecule has 0 atom stereocenters. The number of esters is 1. The van der Waals surface area contributed by atoms with Gasteiger partial charge < -0.3 is 9.84 Å². The summed E-state index contributed by atoms with van der Waals surface area (Å²) < 4.78 is 42.0. The molecule has 0 unspecified atom stereocenters.